The van der Waals surface area contributed by atoms with Crippen LogP contribution in [0.25, 0.3) is 0 Å². The summed E-state index contributed by atoms with van der Waals surface area (Å²) in [5.41, 5.74) is 5.53. The number of hydrogen-bond donors (Lipinski definition) is 1. The molecule has 1 saturated heterocycles. The second kappa shape index (κ2) is 6.20. The van der Waals surface area contributed by atoms with Gasteiger partial charge in [-0.3, -0.25) is 9.69 Å². The van der Waals surface area contributed by atoms with Crippen molar-refractivity contribution in [2.45, 2.75) is 44.2 Å². The summed E-state index contributed by atoms with van der Waals surface area (Å²) < 4.78 is 10.3. The predicted octanol–water partition coefficient (Wildman–Crippen LogP) is 0.768. The van der Waals surface area contributed by atoms with E-state index in [1.54, 1.807) is 0 Å². The zero-order valence-corrected chi connectivity index (χ0v) is 12.1. The van der Waals surface area contributed by atoms with Crippen molar-refractivity contribution in [1.82, 2.24) is 4.90 Å². The van der Waals surface area contributed by atoms with Gasteiger partial charge in [0.25, 0.3) is 0 Å². The maximum Gasteiger partial charge on any atom is 0.326 e. The largest absolute Gasteiger partial charge is 0.468 e. The molecule has 0 spiro atoms. The van der Waals surface area contributed by atoms with Gasteiger partial charge in [0.1, 0.15) is 5.54 Å². The van der Waals surface area contributed by atoms with Crippen LogP contribution in [0.5, 0.6) is 0 Å². The molecular formula is C14H26N2O3. The minimum atomic E-state index is -0.760. The molecule has 5 heteroatoms. The number of carbonyl (C=O) groups excluding carboxylic acids is 1. The van der Waals surface area contributed by atoms with E-state index in [1.165, 1.54) is 7.11 Å². The zero-order valence-electron chi connectivity index (χ0n) is 12.1. The first kappa shape index (κ1) is 14.8. The van der Waals surface area contributed by atoms with Crippen LogP contribution in [-0.4, -0.2) is 55.9 Å². The van der Waals surface area contributed by atoms with Crippen molar-refractivity contribution in [3.63, 3.8) is 0 Å². The average molecular weight is 270 g/mol. The molecule has 0 aromatic heterocycles. The minimum Gasteiger partial charge on any atom is -0.468 e. The number of rotatable bonds is 4. The van der Waals surface area contributed by atoms with E-state index < -0.39 is 5.54 Å². The molecule has 2 rings (SSSR count). The predicted molar refractivity (Wildman–Crippen MR) is 72.7 cm³/mol. The van der Waals surface area contributed by atoms with E-state index in [2.05, 4.69) is 11.8 Å². The van der Waals surface area contributed by atoms with Crippen molar-refractivity contribution in [2.24, 2.45) is 11.7 Å². The Balaban J connectivity index is 1.89. The van der Waals surface area contributed by atoms with Crippen molar-refractivity contribution in [2.75, 3.05) is 33.4 Å². The number of ether oxygens (including phenoxy) is 2. The van der Waals surface area contributed by atoms with Gasteiger partial charge in [-0.2, -0.15) is 0 Å². The molecule has 0 radical (unpaired) electrons. The lowest BCUT2D eigenvalue weighted by molar-refractivity contribution is -0.148. The maximum absolute atomic E-state index is 11.9. The molecule has 5 nitrogen and oxygen atoms in total. The Kier molecular flexibility index (Phi) is 4.81. The van der Waals surface area contributed by atoms with Crippen LogP contribution in [0, 0.1) is 5.92 Å². The average Bonchev–Trinajstić information content (AvgIpc) is 2.79. The second-order valence-electron chi connectivity index (χ2n) is 5.87. The third-order valence-corrected chi connectivity index (χ3v) is 4.71. The topological polar surface area (TPSA) is 64.8 Å². The van der Waals surface area contributed by atoms with Crippen LogP contribution in [0.2, 0.25) is 0 Å². The normalized spacial score (nSPS) is 36.4. The minimum absolute atomic E-state index is 0.245. The number of nitrogens with zero attached hydrogens (tertiary/aromatic N) is 1. The number of esters is 1. The molecule has 0 aromatic rings. The maximum atomic E-state index is 11.9. The van der Waals surface area contributed by atoms with E-state index in [-0.39, 0.29) is 11.9 Å². The fourth-order valence-corrected chi connectivity index (χ4v) is 3.38. The van der Waals surface area contributed by atoms with Crippen molar-refractivity contribution in [3.05, 3.63) is 0 Å². The molecule has 0 amide bonds. The van der Waals surface area contributed by atoms with Crippen LogP contribution in [0.4, 0.5) is 0 Å². The van der Waals surface area contributed by atoms with Crippen LogP contribution in [0.3, 0.4) is 0 Å². The molecule has 110 valence electrons. The molecule has 3 unspecified atom stereocenters. The molecule has 3 atom stereocenters. The highest BCUT2D eigenvalue weighted by Crippen LogP contribution is 2.37. The highest BCUT2D eigenvalue weighted by molar-refractivity contribution is 5.81. The Hall–Kier alpha value is -0.650. The third kappa shape index (κ3) is 3.09. The van der Waals surface area contributed by atoms with Gasteiger partial charge in [0.2, 0.25) is 0 Å². The SMILES string of the molecule is COC(=O)C1(N)CCCC1CCN1CCOCC1C. The van der Waals surface area contributed by atoms with Crippen LogP contribution in [0.15, 0.2) is 0 Å². The Morgan fingerprint density at radius 2 is 2.37 bits per heavy atom. The van der Waals surface area contributed by atoms with Gasteiger partial charge in [-0.1, -0.05) is 6.42 Å². The first-order chi connectivity index (χ1) is 9.08. The van der Waals surface area contributed by atoms with Gasteiger partial charge in [0.15, 0.2) is 0 Å². The Labute approximate surface area is 115 Å². The summed E-state index contributed by atoms with van der Waals surface area (Å²) in [5.74, 6) is 0.0000193. The first-order valence-corrected chi connectivity index (χ1v) is 7.27. The number of methoxy groups -OCH3 is 1. The van der Waals surface area contributed by atoms with E-state index in [0.29, 0.717) is 6.04 Å². The molecule has 0 aromatic carbocycles. The molecule has 1 aliphatic carbocycles. The quantitative estimate of drug-likeness (QED) is 0.764. The molecule has 2 aliphatic rings. The van der Waals surface area contributed by atoms with Crippen molar-refractivity contribution < 1.29 is 14.3 Å². The van der Waals surface area contributed by atoms with E-state index in [4.69, 9.17) is 15.2 Å². The van der Waals surface area contributed by atoms with Crippen molar-refractivity contribution in [3.8, 4) is 0 Å². The molecule has 1 aliphatic heterocycles. The lowest BCUT2D eigenvalue weighted by atomic mass is 9.85. The van der Waals surface area contributed by atoms with Gasteiger partial charge in [-0.05, 0) is 38.6 Å². The standard InChI is InChI=1S/C14H26N2O3/c1-11-10-19-9-8-16(11)7-5-12-4-3-6-14(12,15)13(17)18-2/h11-12H,3-10,15H2,1-2H3. The molecule has 2 N–H and O–H groups in total. The van der Waals surface area contributed by atoms with E-state index >= 15 is 0 Å². The molecule has 0 bridgehead atoms. The molecular weight excluding hydrogens is 244 g/mol. The molecule has 19 heavy (non-hydrogen) atoms. The number of hydrogen-bond acceptors (Lipinski definition) is 5. The summed E-state index contributed by atoms with van der Waals surface area (Å²) in [5, 5.41) is 0. The van der Waals surface area contributed by atoms with Gasteiger partial charge in [0, 0.05) is 12.6 Å². The Bertz CT molecular complexity index is 324. The van der Waals surface area contributed by atoms with E-state index in [9.17, 15) is 4.79 Å². The molecule has 2 fully saturated rings. The fourth-order valence-electron chi connectivity index (χ4n) is 3.38. The summed E-state index contributed by atoms with van der Waals surface area (Å²) in [7, 11) is 1.43. The number of carbonyl (C=O) groups is 1. The first-order valence-electron chi connectivity index (χ1n) is 7.27. The van der Waals surface area contributed by atoms with Crippen LogP contribution in [-0.2, 0) is 14.3 Å². The summed E-state index contributed by atoms with van der Waals surface area (Å²) in [4.78, 5) is 14.3. The summed E-state index contributed by atoms with van der Waals surface area (Å²) in [6.07, 6.45) is 3.78. The highest BCUT2D eigenvalue weighted by Gasteiger charge is 2.46. The van der Waals surface area contributed by atoms with Crippen LogP contribution in [0.1, 0.15) is 32.6 Å². The van der Waals surface area contributed by atoms with Gasteiger partial charge in [-0.15, -0.1) is 0 Å². The fraction of sp³-hybridized carbons (Fsp3) is 0.929. The highest BCUT2D eigenvalue weighted by atomic mass is 16.5. The number of morpholine rings is 1. The smallest absolute Gasteiger partial charge is 0.326 e. The summed E-state index contributed by atoms with van der Waals surface area (Å²) in [6, 6.07) is 0.459. The second-order valence-corrected chi connectivity index (χ2v) is 5.87. The van der Waals surface area contributed by atoms with E-state index in [0.717, 1.165) is 52.0 Å². The molecule has 1 heterocycles. The number of nitrogens with two attached hydrogens (primary N) is 1. The van der Waals surface area contributed by atoms with Crippen LogP contribution >= 0.6 is 0 Å². The van der Waals surface area contributed by atoms with Gasteiger partial charge in [-0.25, -0.2) is 0 Å². The Morgan fingerprint density at radius 3 is 3.05 bits per heavy atom. The summed E-state index contributed by atoms with van der Waals surface area (Å²) in [6.45, 7) is 5.76. The van der Waals surface area contributed by atoms with Gasteiger partial charge < -0.3 is 15.2 Å². The van der Waals surface area contributed by atoms with Crippen molar-refractivity contribution in [1.29, 1.82) is 0 Å². The Morgan fingerprint density at radius 1 is 1.58 bits per heavy atom. The summed E-state index contributed by atoms with van der Waals surface area (Å²) >= 11 is 0. The molecule has 1 saturated carbocycles. The van der Waals surface area contributed by atoms with Crippen molar-refractivity contribution >= 4 is 5.97 Å². The van der Waals surface area contributed by atoms with Gasteiger partial charge in [0.05, 0.1) is 20.3 Å². The monoisotopic (exact) mass is 270 g/mol. The third-order valence-electron chi connectivity index (χ3n) is 4.71. The van der Waals surface area contributed by atoms with Gasteiger partial charge >= 0.3 is 5.97 Å². The lowest BCUT2D eigenvalue weighted by Crippen LogP contribution is -2.53. The van der Waals surface area contributed by atoms with Crippen LogP contribution < -0.4 is 5.73 Å². The van der Waals surface area contributed by atoms with E-state index in [1.807, 2.05) is 0 Å². The zero-order chi connectivity index (χ0) is 13.9. The lowest BCUT2D eigenvalue weighted by Gasteiger charge is -2.35.